The number of halogens is 4. The maximum absolute atomic E-state index is 13.1. The van der Waals surface area contributed by atoms with Gasteiger partial charge in [0.25, 0.3) is 0 Å². The van der Waals surface area contributed by atoms with Crippen LogP contribution in [0.3, 0.4) is 0 Å². The normalized spacial score (nSPS) is 11.6. The molecule has 8 heteroatoms. The van der Waals surface area contributed by atoms with Crippen molar-refractivity contribution in [2.24, 2.45) is 0 Å². The van der Waals surface area contributed by atoms with Gasteiger partial charge in [-0.3, -0.25) is 0 Å². The van der Waals surface area contributed by atoms with Gasteiger partial charge in [0, 0.05) is 6.54 Å². The summed E-state index contributed by atoms with van der Waals surface area (Å²) in [5, 5.41) is -0.276. The molecule has 2 rings (SSSR count). The molecule has 0 saturated heterocycles. The molecule has 112 valence electrons. The van der Waals surface area contributed by atoms with Crippen molar-refractivity contribution in [3.8, 4) is 0 Å². The Bertz CT molecular complexity index is 784. The molecule has 0 spiro atoms. The van der Waals surface area contributed by atoms with Crippen LogP contribution in [-0.2, 0) is 16.6 Å². The van der Waals surface area contributed by atoms with E-state index in [0.717, 1.165) is 18.2 Å². The average molecular weight is 397 g/mol. The van der Waals surface area contributed by atoms with Crippen LogP contribution < -0.4 is 4.72 Å². The minimum atomic E-state index is -3.83. The first-order chi connectivity index (χ1) is 9.79. The topological polar surface area (TPSA) is 46.2 Å². The van der Waals surface area contributed by atoms with E-state index in [-0.39, 0.29) is 20.9 Å². The average Bonchev–Trinajstić information content (AvgIpc) is 2.43. The fourth-order valence-corrected chi connectivity index (χ4v) is 3.27. The minimum Gasteiger partial charge on any atom is -0.207 e. The second kappa shape index (κ2) is 6.39. The minimum absolute atomic E-state index is 0.0315. The number of sulfonamides is 1. The molecule has 2 aromatic carbocycles. The van der Waals surface area contributed by atoms with Gasteiger partial charge < -0.3 is 0 Å². The summed E-state index contributed by atoms with van der Waals surface area (Å²) < 4.78 is 52.8. The molecule has 0 aliphatic heterocycles. The van der Waals surface area contributed by atoms with Crippen LogP contribution in [0.2, 0.25) is 5.02 Å². The summed E-state index contributed by atoms with van der Waals surface area (Å²) in [6.45, 7) is -0.0315. The summed E-state index contributed by atoms with van der Waals surface area (Å²) in [5.74, 6) is -1.13. The second-order valence-electron chi connectivity index (χ2n) is 4.15. The maximum Gasteiger partial charge on any atom is 0.240 e. The van der Waals surface area contributed by atoms with E-state index in [9.17, 15) is 17.2 Å². The zero-order chi connectivity index (χ0) is 15.6. The molecule has 0 fully saturated rings. The Balaban J connectivity index is 2.17. The van der Waals surface area contributed by atoms with E-state index in [1.807, 2.05) is 0 Å². The third-order valence-electron chi connectivity index (χ3n) is 2.65. The molecule has 0 amide bonds. The highest BCUT2D eigenvalue weighted by atomic mass is 79.9. The third kappa shape index (κ3) is 4.00. The second-order valence-corrected chi connectivity index (χ2v) is 7.18. The lowest BCUT2D eigenvalue weighted by Crippen LogP contribution is -2.23. The van der Waals surface area contributed by atoms with E-state index < -0.39 is 21.7 Å². The largest absolute Gasteiger partial charge is 0.240 e. The highest BCUT2D eigenvalue weighted by Gasteiger charge is 2.15. The lowest BCUT2D eigenvalue weighted by Gasteiger charge is -2.08. The Morgan fingerprint density at radius 1 is 1.10 bits per heavy atom. The number of nitrogens with one attached hydrogen (secondary N) is 1. The fourth-order valence-electron chi connectivity index (χ4n) is 1.56. The molecule has 0 heterocycles. The predicted molar refractivity (Wildman–Crippen MR) is 79.5 cm³/mol. The van der Waals surface area contributed by atoms with Crippen molar-refractivity contribution >= 4 is 37.6 Å². The van der Waals surface area contributed by atoms with E-state index in [2.05, 4.69) is 20.7 Å². The van der Waals surface area contributed by atoms with Gasteiger partial charge in [0.05, 0.1) is 14.4 Å². The molecule has 0 atom stereocenters. The van der Waals surface area contributed by atoms with Crippen molar-refractivity contribution in [1.29, 1.82) is 0 Å². The Morgan fingerprint density at radius 2 is 1.76 bits per heavy atom. The fraction of sp³-hybridized carbons (Fsp3) is 0.0769. The zero-order valence-corrected chi connectivity index (χ0v) is 13.6. The molecule has 0 aliphatic carbocycles. The van der Waals surface area contributed by atoms with Crippen LogP contribution in [0.4, 0.5) is 8.78 Å². The van der Waals surface area contributed by atoms with E-state index in [1.165, 1.54) is 18.2 Å². The van der Waals surface area contributed by atoms with Gasteiger partial charge in [-0.15, -0.1) is 0 Å². The van der Waals surface area contributed by atoms with Crippen molar-refractivity contribution < 1.29 is 17.2 Å². The Hall–Kier alpha value is -1.02. The van der Waals surface area contributed by atoms with Gasteiger partial charge in [0.15, 0.2) is 0 Å². The van der Waals surface area contributed by atoms with Crippen molar-refractivity contribution in [3.63, 3.8) is 0 Å². The summed E-state index contributed by atoms with van der Waals surface area (Å²) in [6, 6.07) is 7.27. The molecule has 1 N–H and O–H groups in total. The smallest absolute Gasteiger partial charge is 0.207 e. The molecule has 21 heavy (non-hydrogen) atoms. The molecule has 0 bridgehead atoms. The van der Waals surface area contributed by atoms with Crippen LogP contribution in [0.25, 0.3) is 0 Å². The van der Waals surface area contributed by atoms with Gasteiger partial charge in [-0.1, -0.05) is 17.7 Å². The van der Waals surface area contributed by atoms with Gasteiger partial charge in [-0.2, -0.15) is 0 Å². The predicted octanol–water partition coefficient (Wildman–Crippen LogP) is 3.86. The molecular formula is C13H9BrClF2NO2S. The van der Waals surface area contributed by atoms with Gasteiger partial charge in [0.1, 0.15) is 11.6 Å². The van der Waals surface area contributed by atoms with Crippen molar-refractivity contribution in [2.45, 2.75) is 11.4 Å². The highest BCUT2D eigenvalue weighted by Crippen LogP contribution is 2.20. The number of benzene rings is 2. The first-order valence-corrected chi connectivity index (χ1v) is 8.33. The molecule has 0 aromatic heterocycles. The van der Waals surface area contributed by atoms with Crippen molar-refractivity contribution in [2.75, 3.05) is 0 Å². The lowest BCUT2D eigenvalue weighted by molar-refractivity contribution is 0.580. The van der Waals surface area contributed by atoms with Crippen LogP contribution in [0.5, 0.6) is 0 Å². The maximum atomic E-state index is 13.1. The monoisotopic (exact) mass is 395 g/mol. The first kappa shape index (κ1) is 16.4. The lowest BCUT2D eigenvalue weighted by atomic mass is 10.2. The quantitative estimate of drug-likeness (QED) is 0.853. The third-order valence-corrected chi connectivity index (χ3v) is 4.95. The molecule has 0 unspecified atom stereocenters. The van der Waals surface area contributed by atoms with E-state index in [4.69, 9.17) is 11.6 Å². The van der Waals surface area contributed by atoms with E-state index >= 15 is 0 Å². The molecule has 0 radical (unpaired) electrons. The van der Waals surface area contributed by atoms with E-state index in [0.29, 0.717) is 5.56 Å². The summed E-state index contributed by atoms with van der Waals surface area (Å²) in [7, 11) is -3.83. The zero-order valence-electron chi connectivity index (χ0n) is 10.4. The molecule has 0 aliphatic rings. The van der Waals surface area contributed by atoms with Crippen molar-refractivity contribution in [3.05, 3.63) is 63.1 Å². The van der Waals surface area contributed by atoms with Gasteiger partial charge in [-0.25, -0.2) is 21.9 Å². The molecular weight excluding hydrogens is 388 g/mol. The Kier molecular flexibility index (Phi) is 4.98. The Labute approximate surface area is 134 Å². The van der Waals surface area contributed by atoms with Crippen LogP contribution >= 0.6 is 27.5 Å². The molecule has 2 aromatic rings. The summed E-state index contributed by atoms with van der Waals surface area (Å²) in [6.07, 6.45) is 0. The summed E-state index contributed by atoms with van der Waals surface area (Å²) in [5.41, 5.74) is 0.569. The summed E-state index contributed by atoms with van der Waals surface area (Å²) in [4.78, 5) is -0.143. The number of rotatable bonds is 4. The van der Waals surface area contributed by atoms with Crippen LogP contribution in [-0.4, -0.2) is 8.42 Å². The number of hydrogen-bond acceptors (Lipinski definition) is 2. The van der Waals surface area contributed by atoms with Crippen LogP contribution in [0, 0.1) is 11.6 Å². The number of hydrogen-bond donors (Lipinski definition) is 1. The molecule has 3 nitrogen and oxygen atoms in total. The first-order valence-electron chi connectivity index (χ1n) is 5.68. The van der Waals surface area contributed by atoms with Gasteiger partial charge in [-0.05, 0) is 51.8 Å². The van der Waals surface area contributed by atoms with Crippen LogP contribution in [0.1, 0.15) is 5.56 Å². The van der Waals surface area contributed by atoms with Crippen molar-refractivity contribution in [1.82, 2.24) is 4.72 Å². The highest BCUT2D eigenvalue weighted by molar-refractivity contribution is 9.10. The van der Waals surface area contributed by atoms with Gasteiger partial charge >= 0.3 is 0 Å². The SMILES string of the molecule is O=S(=O)(NCc1ccc(F)c(Br)c1)c1ccc(F)c(Cl)c1. The molecule has 0 saturated carbocycles. The summed E-state index contributed by atoms with van der Waals surface area (Å²) >= 11 is 8.58. The van der Waals surface area contributed by atoms with Crippen LogP contribution in [0.15, 0.2) is 45.8 Å². The van der Waals surface area contributed by atoms with Gasteiger partial charge in [0.2, 0.25) is 10.0 Å². The standard InChI is InChI=1S/C13H9BrClF2NO2S/c14-10-5-8(1-3-12(10)16)7-18-21(19,20)9-2-4-13(17)11(15)6-9/h1-6,18H,7H2. The Morgan fingerprint density at radius 3 is 2.38 bits per heavy atom. The van der Waals surface area contributed by atoms with E-state index in [1.54, 1.807) is 0 Å².